The quantitative estimate of drug-likeness (QED) is 0.477. The average molecular weight is 403 g/mol. The molecule has 4 N–H and O–H groups in total. The number of benzene rings is 1. The zero-order valence-electron chi connectivity index (χ0n) is 14.2. The van der Waals surface area contributed by atoms with Crippen molar-refractivity contribution in [2.75, 3.05) is 17.2 Å². The molecule has 0 unspecified atom stereocenters. The number of fused-ring (bicyclic) bond motifs is 1. The van der Waals surface area contributed by atoms with Gasteiger partial charge in [-0.1, -0.05) is 11.6 Å². The minimum absolute atomic E-state index is 0.0286. The van der Waals surface area contributed by atoms with Crippen molar-refractivity contribution in [3.8, 4) is 0 Å². The van der Waals surface area contributed by atoms with Gasteiger partial charge >= 0.3 is 5.97 Å². The molecule has 0 bridgehead atoms. The van der Waals surface area contributed by atoms with Gasteiger partial charge in [0.1, 0.15) is 11.3 Å². The topological polar surface area (TPSA) is 112 Å². The van der Waals surface area contributed by atoms with Crippen LogP contribution in [0.1, 0.15) is 17.3 Å². The van der Waals surface area contributed by atoms with Gasteiger partial charge in [-0.2, -0.15) is 0 Å². The molecule has 0 aliphatic carbocycles. The molecule has 2 heterocycles. The van der Waals surface area contributed by atoms with E-state index in [4.69, 9.17) is 28.9 Å². The highest BCUT2D eigenvalue weighted by Gasteiger charge is 2.10. The largest absolute Gasteiger partial charge is 0.478 e. The molecule has 27 heavy (non-hydrogen) atoms. The standard InChI is InChI=1S/C17H15ClN6O2S/c1-2-19-17(27)24-13-6-5-12-15(22-13)23-14(8-20-12)21-9-3-4-10(16(25)26)11(18)7-9/h3-8H,2H2,1H3,(H,25,26)(H3,19,21,22,23,24,27). The van der Waals surface area contributed by atoms with E-state index < -0.39 is 5.97 Å². The Bertz CT molecular complexity index is 1030. The number of carboxylic acids is 1. The van der Waals surface area contributed by atoms with Crippen molar-refractivity contribution in [3.05, 3.63) is 47.1 Å². The van der Waals surface area contributed by atoms with Gasteiger partial charge in [-0.05, 0) is 49.5 Å². The van der Waals surface area contributed by atoms with Crippen LogP contribution in [0.4, 0.5) is 17.3 Å². The van der Waals surface area contributed by atoms with Crippen LogP contribution < -0.4 is 16.0 Å². The van der Waals surface area contributed by atoms with Crippen LogP contribution in [0.5, 0.6) is 0 Å². The Morgan fingerprint density at radius 1 is 1.22 bits per heavy atom. The SMILES string of the molecule is CCNC(=S)Nc1ccc2ncc(Nc3ccc(C(=O)O)c(Cl)c3)nc2n1. The Hall–Kier alpha value is -3.04. The summed E-state index contributed by atoms with van der Waals surface area (Å²) >= 11 is 11.1. The molecule has 0 aliphatic rings. The maximum Gasteiger partial charge on any atom is 0.337 e. The fourth-order valence-electron chi connectivity index (χ4n) is 2.26. The fourth-order valence-corrected chi connectivity index (χ4v) is 2.77. The zero-order valence-corrected chi connectivity index (χ0v) is 15.7. The Morgan fingerprint density at radius 2 is 2.00 bits per heavy atom. The summed E-state index contributed by atoms with van der Waals surface area (Å²) in [6.07, 6.45) is 1.55. The minimum atomic E-state index is -1.09. The Kier molecular flexibility index (Phi) is 5.63. The molecule has 138 valence electrons. The second kappa shape index (κ2) is 8.11. The van der Waals surface area contributed by atoms with E-state index in [0.717, 1.165) is 0 Å². The Balaban J connectivity index is 1.84. The minimum Gasteiger partial charge on any atom is -0.478 e. The van der Waals surface area contributed by atoms with Gasteiger partial charge < -0.3 is 21.1 Å². The molecule has 0 fully saturated rings. The Morgan fingerprint density at radius 3 is 2.70 bits per heavy atom. The van der Waals surface area contributed by atoms with Crippen LogP contribution in [0.25, 0.3) is 11.2 Å². The van der Waals surface area contributed by atoms with Crippen LogP contribution in [0.3, 0.4) is 0 Å². The van der Waals surface area contributed by atoms with Gasteiger partial charge in [0.25, 0.3) is 0 Å². The molecule has 10 heteroatoms. The van der Waals surface area contributed by atoms with E-state index in [0.29, 0.717) is 40.1 Å². The molecule has 1 aromatic carbocycles. The number of thiocarbonyl (C=S) groups is 1. The molecular formula is C17H15ClN6O2S. The molecule has 0 radical (unpaired) electrons. The third kappa shape index (κ3) is 4.57. The first kappa shape index (κ1) is 18.7. The molecule has 0 spiro atoms. The predicted molar refractivity (Wildman–Crippen MR) is 109 cm³/mol. The second-order valence-corrected chi connectivity index (χ2v) is 6.22. The van der Waals surface area contributed by atoms with Crippen LogP contribution in [0.2, 0.25) is 5.02 Å². The molecular weight excluding hydrogens is 388 g/mol. The number of carbonyl (C=O) groups is 1. The highest BCUT2D eigenvalue weighted by molar-refractivity contribution is 7.80. The van der Waals surface area contributed by atoms with Crippen LogP contribution in [-0.2, 0) is 0 Å². The lowest BCUT2D eigenvalue weighted by Gasteiger charge is -2.10. The van der Waals surface area contributed by atoms with E-state index in [2.05, 4.69) is 30.9 Å². The number of aromatic nitrogens is 3. The second-order valence-electron chi connectivity index (χ2n) is 5.40. The number of halogens is 1. The number of anilines is 3. The zero-order chi connectivity index (χ0) is 19.4. The Labute approximate surface area is 165 Å². The molecule has 0 amide bonds. The monoisotopic (exact) mass is 402 g/mol. The van der Waals surface area contributed by atoms with Crippen LogP contribution >= 0.6 is 23.8 Å². The number of aromatic carboxylic acids is 1. The van der Waals surface area contributed by atoms with Gasteiger partial charge in [0.2, 0.25) is 0 Å². The van der Waals surface area contributed by atoms with Gasteiger partial charge in [-0.25, -0.2) is 19.7 Å². The summed E-state index contributed by atoms with van der Waals surface area (Å²) in [7, 11) is 0. The highest BCUT2D eigenvalue weighted by Crippen LogP contribution is 2.23. The number of nitrogens with zero attached hydrogens (tertiary/aromatic N) is 3. The van der Waals surface area contributed by atoms with Crippen molar-refractivity contribution >= 4 is 63.4 Å². The number of hydrogen-bond acceptors (Lipinski definition) is 6. The van der Waals surface area contributed by atoms with E-state index in [-0.39, 0.29) is 10.6 Å². The highest BCUT2D eigenvalue weighted by atomic mass is 35.5. The molecule has 0 aliphatic heterocycles. The summed E-state index contributed by atoms with van der Waals surface area (Å²) in [4.78, 5) is 24.2. The summed E-state index contributed by atoms with van der Waals surface area (Å²) in [5.41, 5.74) is 1.67. The van der Waals surface area contributed by atoms with Crippen LogP contribution in [-0.4, -0.2) is 37.7 Å². The first-order chi connectivity index (χ1) is 13.0. The number of rotatable bonds is 5. The molecule has 3 aromatic rings. The van der Waals surface area contributed by atoms with E-state index in [1.807, 2.05) is 6.92 Å². The molecule has 2 aromatic heterocycles. The van der Waals surface area contributed by atoms with Crippen molar-refractivity contribution in [1.29, 1.82) is 0 Å². The summed E-state index contributed by atoms with van der Waals surface area (Å²) in [5.74, 6) is -0.0916. The van der Waals surface area contributed by atoms with E-state index in [1.165, 1.54) is 12.1 Å². The van der Waals surface area contributed by atoms with Crippen molar-refractivity contribution in [2.45, 2.75) is 6.92 Å². The van der Waals surface area contributed by atoms with Crippen molar-refractivity contribution in [1.82, 2.24) is 20.3 Å². The first-order valence-electron chi connectivity index (χ1n) is 7.95. The van der Waals surface area contributed by atoms with Crippen molar-refractivity contribution < 1.29 is 9.90 Å². The third-order valence-corrected chi connectivity index (χ3v) is 4.02. The van der Waals surface area contributed by atoms with E-state index in [9.17, 15) is 4.79 Å². The molecule has 8 nitrogen and oxygen atoms in total. The summed E-state index contributed by atoms with van der Waals surface area (Å²) in [6.45, 7) is 2.65. The first-order valence-corrected chi connectivity index (χ1v) is 8.73. The van der Waals surface area contributed by atoms with Gasteiger partial charge in [0.05, 0.1) is 16.8 Å². The van der Waals surface area contributed by atoms with Gasteiger partial charge in [-0.15, -0.1) is 0 Å². The number of nitrogens with one attached hydrogen (secondary N) is 3. The lowest BCUT2D eigenvalue weighted by molar-refractivity contribution is 0.0697. The summed E-state index contributed by atoms with van der Waals surface area (Å²) in [6, 6.07) is 8.08. The van der Waals surface area contributed by atoms with Crippen LogP contribution in [0.15, 0.2) is 36.5 Å². The molecule has 3 rings (SSSR count). The third-order valence-electron chi connectivity index (χ3n) is 3.46. The number of hydrogen-bond donors (Lipinski definition) is 4. The molecule has 0 saturated carbocycles. The van der Waals surface area contributed by atoms with E-state index >= 15 is 0 Å². The smallest absolute Gasteiger partial charge is 0.337 e. The number of carboxylic acid groups (broad SMARTS) is 1. The van der Waals surface area contributed by atoms with Crippen molar-refractivity contribution in [3.63, 3.8) is 0 Å². The van der Waals surface area contributed by atoms with Crippen LogP contribution in [0, 0.1) is 0 Å². The fraction of sp³-hybridized carbons (Fsp3) is 0.118. The molecule has 0 saturated heterocycles. The van der Waals surface area contributed by atoms with Gasteiger partial charge in [-0.3, -0.25) is 0 Å². The summed E-state index contributed by atoms with van der Waals surface area (Å²) in [5, 5.41) is 18.6. The maximum absolute atomic E-state index is 11.0. The van der Waals surface area contributed by atoms with Crippen molar-refractivity contribution in [2.24, 2.45) is 0 Å². The average Bonchev–Trinajstić information content (AvgIpc) is 2.61. The maximum atomic E-state index is 11.0. The lowest BCUT2D eigenvalue weighted by atomic mass is 10.2. The normalized spacial score (nSPS) is 10.4. The summed E-state index contributed by atoms with van der Waals surface area (Å²) < 4.78 is 0. The van der Waals surface area contributed by atoms with Gasteiger partial charge in [0, 0.05) is 12.2 Å². The predicted octanol–water partition coefficient (Wildman–Crippen LogP) is 3.43. The van der Waals surface area contributed by atoms with E-state index in [1.54, 1.807) is 24.4 Å². The molecule has 0 atom stereocenters. The van der Waals surface area contributed by atoms with Gasteiger partial charge in [0.15, 0.2) is 16.6 Å². The lowest BCUT2D eigenvalue weighted by Crippen LogP contribution is -2.28. The number of pyridine rings is 1.